The Balaban J connectivity index is 2.82. The van der Waals surface area contributed by atoms with Crippen LogP contribution in [0.1, 0.15) is 31.2 Å². The Hall–Kier alpha value is -0.960. The Bertz CT molecular complexity index is 243. The Morgan fingerprint density at radius 2 is 1.75 bits per heavy atom. The third-order valence-electron chi connectivity index (χ3n) is 1.93. The third kappa shape index (κ3) is 2.01. The molecule has 0 unspecified atom stereocenters. The number of aliphatic hydroxyl groups is 1. The maximum absolute atomic E-state index is 9.26. The molecule has 1 N–H and O–H groups in total. The molecule has 66 valence electrons. The van der Waals surface area contributed by atoms with Crippen LogP contribution in [0, 0.1) is 6.92 Å². The van der Waals surface area contributed by atoms with Crippen molar-refractivity contribution >= 4 is 0 Å². The van der Waals surface area contributed by atoms with Gasteiger partial charge in [0.1, 0.15) is 5.82 Å². The molecule has 0 saturated heterocycles. The molecule has 0 aliphatic rings. The lowest BCUT2D eigenvalue weighted by molar-refractivity contribution is 0.165. The summed E-state index contributed by atoms with van der Waals surface area (Å²) in [6.45, 7) is 5.60. The number of hydrogen-bond donors (Lipinski definition) is 1. The minimum atomic E-state index is -0.396. The zero-order valence-corrected chi connectivity index (χ0v) is 7.65. The van der Waals surface area contributed by atoms with E-state index in [1.807, 2.05) is 13.8 Å². The van der Waals surface area contributed by atoms with Gasteiger partial charge < -0.3 is 5.11 Å². The predicted octanol–water partition coefficient (Wildman–Crippen LogP) is 1.27. The van der Waals surface area contributed by atoms with Gasteiger partial charge in [-0.05, 0) is 19.4 Å². The number of aryl methyl sites for hydroxylation is 1. The highest BCUT2D eigenvalue weighted by Crippen LogP contribution is 2.13. The lowest BCUT2D eigenvalue weighted by Gasteiger charge is -2.12. The highest BCUT2D eigenvalue weighted by atomic mass is 16.3. The Morgan fingerprint density at radius 3 is 2.17 bits per heavy atom. The van der Waals surface area contributed by atoms with E-state index < -0.39 is 6.10 Å². The van der Waals surface area contributed by atoms with Gasteiger partial charge in [0.05, 0.1) is 6.10 Å². The van der Waals surface area contributed by atoms with Crippen LogP contribution < -0.4 is 0 Å². The fraction of sp³-hybridized carbons (Fsp3) is 0.556. The van der Waals surface area contributed by atoms with Crippen molar-refractivity contribution in [3.63, 3.8) is 0 Å². The Labute approximate surface area is 72.5 Å². The fourth-order valence-electron chi connectivity index (χ4n) is 0.853. The van der Waals surface area contributed by atoms with Crippen molar-refractivity contribution in [2.45, 2.75) is 32.8 Å². The zero-order valence-electron chi connectivity index (χ0n) is 7.65. The molecule has 3 heteroatoms. The lowest BCUT2D eigenvalue weighted by Crippen LogP contribution is -2.13. The summed E-state index contributed by atoms with van der Waals surface area (Å²) in [4.78, 5) is 8.26. The topological polar surface area (TPSA) is 46.0 Å². The van der Waals surface area contributed by atoms with Crippen molar-refractivity contribution in [3.05, 3.63) is 23.8 Å². The molecule has 1 rings (SSSR count). The molecule has 1 heterocycles. The Kier molecular flexibility index (Phi) is 2.76. The van der Waals surface area contributed by atoms with Crippen LogP contribution in [0.4, 0.5) is 0 Å². The van der Waals surface area contributed by atoms with Gasteiger partial charge in [-0.3, -0.25) is 0 Å². The zero-order chi connectivity index (χ0) is 9.14. The molecule has 0 bridgehead atoms. The highest BCUT2D eigenvalue weighted by molar-refractivity contribution is 5.05. The van der Waals surface area contributed by atoms with E-state index in [1.54, 1.807) is 19.3 Å². The van der Waals surface area contributed by atoms with Crippen LogP contribution in [0.5, 0.6) is 0 Å². The summed E-state index contributed by atoms with van der Waals surface area (Å²) in [5, 5.41) is 9.26. The van der Waals surface area contributed by atoms with Gasteiger partial charge in [0.15, 0.2) is 0 Å². The molecule has 1 aromatic rings. The van der Waals surface area contributed by atoms with E-state index in [9.17, 15) is 5.11 Å². The van der Waals surface area contributed by atoms with Crippen molar-refractivity contribution in [2.75, 3.05) is 0 Å². The molecule has 1 aromatic heterocycles. The van der Waals surface area contributed by atoms with Crippen molar-refractivity contribution < 1.29 is 5.11 Å². The summed E-state index contributed by atoms with van der Waals surface area (Å²) < 4.78 is 0. The first-order valence-corrected chi connectivity index (χ1v) is 4.08. The lowest BCUT2D eigenvalue weighted by atomic mass is 10.1. The summed E-state index contributed by atoms with van der Waals surface area (Å²) in [6, 6.07) is 0. The number of aliphatic hydroxyl groups excluding tert-OH is 1. The number of rotatable bonds is 2. The van der Waals surface area contributed by atoms with Crippen molar-refractivity contribution in [2.24, 2.45) is 0 Å². The molecule has 0 aliphatic heterocycles. The van der Waals surface area contributed by atoms with Gasteiger partial charge in [-0.15, -0.1) is 0 Å². The molecule has 12 heavy (non-hydrogen) atoms. The van der Waals surface area contributed by atoms with Crippen LogP contribution in [-0.4, -0.2) is 21.2 Å². The standard InChI is InChI=1S/C9H14N2O/c1-6-4-10-9(11-5-6)7(2)8(3)12/h4-5,7-8,12H,1-3H3/t7-,8+/m0/s1. The van der Waals surface area contributed by atoms with Gasteiger partial charge in [-0.1, -0.05) is 6.92 Å². The molecule has 0 saturated carbocycles. The number of aromatic nitrogens is 2. The highest BCUT2D eigenvalue weighted by Gasteiger charge is 2.13. The minimum absolute atomic E-state index is 0.00519. The second-order valence-corrected chi connectivity index (χ2v) is 3.15. The summed E-state index contributed by atoms with van der Waals surface area (Å²) in [6.07, 6.45) is 3.13. The molecule has 3 nitrogen and oxygen atoms in total. The van der Waals surface area contributed by atoms with E-state index in [0.29, 0.717) is 5.82 Å². The third-order valence-corrected chi connectivity index (χ3v) is 1.93. The largest absolute Gasteiger partial charge is 0.393 e. The average Bonchev–Trinajstić information content (AvgIpc) is 2.04. The second-order valence-electron chi connectivity index (χ2n) is 3.15. The number of nitrogens with zero attached hydrogens (tertiary/aromatic N) is 2. The first-order valence-electron chi connectivity index (χ1n) is 4.08. The first kappa shape index (κ1) is 9.13. The van der Waals surface area contributed by atoms with E-state index in [0.717, 1.165) is 5.56 Å². The molecule has 2 atom stereocenters. The second kappa shape index (κ2) is 3.63. The molecule has 0 aliphatic carbocycles. The fourth-order valence-corrected chi connectivity index (χ4v) is 0.853. The van der Waals surface area contributed by atoms with Gasteiger partial charge in [0, 0.05) is 18.3 Å². The Morgan fingerprint density at radius 1 is 1.25 bits per heavy atom. The summed E-state index contributed by atoms with van der Waals surface area (Å²) in [5.74, 6) is 0.709. The van der Waals surface area contributed by atoms with Crippen LogP contribution in [0.2, 0.25) is 0 Å². The van der Waals surface area contributed by atoms with Crippen LogP contribution in [0.25, 0.3) is 0 Å². The summed E-state index contributed by atoms with van der Waals surface area (Å²) in [7, 11) is 0. The predicted molar refractivity (Wildman–Crippen MR) is 46.9 cm³/mol. The molecular formula is C9H14N2O. The van der Waals surface area contributed by atoms with Gasteiger partial charge in [-0.25, -0.2) is 9.97 Å². The molecule has 0 aromatic carbocycles. The average molecular weight is 166 g/mol. The molecule has 0 amide bonds. The molecular weight excluding hydrogens is 152 g/mol. The van der Waals surface area contributed by atoms with Crippen molar-refractivity contribution in [1.29, 1.82) is 0 Å². The number of hydrogen-bond acceptors (Lipinski definition) is 3. The van der Waals surface area contributed by atoms with Crippen LogP contribution >= 0.6 is 0 Å². The van der Waals surface area contributed by atoms with Crippen molar-refractivity contribution in [1.82, 2.24) is 9.97 Å². The van der Waals surface area contributed by atoms with Gasteiger partial charge in [-0.2, -0.15) is 0 Å². The van der Waals surface area contributed by atoms with E-state index >= 15 is 0 Å². The summed E-state index contributed by atoms with van der Waals surface area (Å²) >= 11 is 0. The maximum Gasteiger partial charge on any atom is 0.133 e. The van der Waals surface area contributed by atoms with E-state index in [2.05, 4.69) is 9.97 Å². The van der Waals surface area contributed by atoms with Gasteiger partial charge in [0.2, 0.25) is 0 Å². The smallest absolute Gasteiger partial charge is 0.133 e. The maximum atomic E-state index is 9.26. The minimum Gasteiger partial charge on any atom is -0.393 e. The van der Waals surface area contributed by atoms with Gasteiger partial charge in [0.25, 0.3) is 0 Å². The van der Waals surface area contributed by atoms with E-state index in [4.69, 9.17) is 0 Å². The van der Waals surface area contributed by atoms with Crippen LogP contribution in [0.15, 0.2) is 12.4 Å². The van der Waals surface area contributed by atoms with E-state index in [-0.39, 0.29) is 5.92 Å². The SMILES string of the molecule is Cc1cnc([C@@H](C)[C@@H](C)O)nc1. The molecule has 0 radical (unpaired) electrons. The van der Waals surface area contributed by atoms with Crippen LogP contribution in [0.3, 0.4) is 0 Å². The van der Waals surface area contributed by atoms with Gasteiger partial charge >= 0.3 is 0 Å². The monoisotopic (exact) mass is 166 g/mol. The summed E-state index contributed by atoms with van der Waals surface area (Å²) in [5.41, 5.74) is 1.04. The van der Waals surface area contributed by atoms with Crippen molar-refractivity contribution in [3.8, 4) is 0 Å². The van der Waals surface area contributed by atoms with Crippen LogP contribution in [-0.2, 0) is 0 Å². The molecule has 0 spiro atoms. The molecule has 0 fully saturated rings. The quantitative estimate of drug-likeness (QED) is 0.719. The van der Waals surface area contributed by atoms with E-state index in [1.165, 1.54) is 0 Å². The first-order chi connectivity index (χ1) is 5.61. The normalized spacial score (nSPS) is 15.7.